The van der Waals surface area contributed by atoms with Crippen molar-refractivity contribution in [2.45, 2.75) is 13.0 Å². The minimum atomic E-state index is -1.26. The Morgan fingerprint density at radius 1 is 0.964 bits per heavy atom. The maximum Gasteiger partial charge on any atom is 0.328 e. The molecule has 0 aliphatic carbocycles. The number of aliphatic carboxylic acids is 2. The van der Waals surface area contributed by atoms with Crippen molar-refractivity contribution < 1.29 is 34.1 Å². The fraction of sp³-hybridized carbons (Fsp3) is 0.368. The molecule has 0 saturated carbocycles. The maximum atomic E-state index is 12.6. The Balaban J connectivity index is 0.000000416. The van der Waals surface area contributed by atoms with Gasteiger partial charge in [-0.1, -0.05) is 30.3 Å². The van der Waals surface area contributed by atoms with E-state index in [0.717, 1.165) is 13.1 Å². The summed E-state index contributed by atoms with van der Waals surface area (Å²) in [5.41, 5.74) is 0.714. The quantitative estimate of drug-likeness (QED) is 0.556. The molecule has 1 aromatic rings. The number of carbonyl (C=O) groups excluding carboxylic acids is 2. The average Bonchev–Trinajstić information content (AvgIpc) is 2.65. The lowest BCUT2D eigenvalue weighted by Crippen LogP contribution is -2.49. The summed E-state index contributed by atoms with van der Waals surface area (Å²) in [5, 5.41) is 15.6. The Bertz CT molecular complexity index is 694. The summed E-state index contributed by atoms with van der Waals surface area (Å²) in [6.45, 7) is 4.34. The zero-order valence-corrected chi connectivity index (χ0v) is 15.8. The van der Waals surface area contributed by atoms with E-state index in [1.807, 2.05) is 37.4 Å². The molecule has 1 heterocycles. The number of carboxylic acid groups (broad SMARTS) is 2. The van der Waals surface area contributed by atoms with Crippen molar-refractivity contribution in [3.63, 3.8) is 0 Å². The van der Waals surface area contributed by atoms with Crippen LogP contribution in [0.15, 0.2) is 42.5 Å². The van der Waals surface area contributed by atoms with E-state index in [9.17, 15) is 19.2 Å². The molecule has 1 aromatic carbocycles. The molecule has 2 N–H and O–H groups in total. The van der Waals surface area contributed by atoms with Crippen molar-refractivity contribution in [3.8, 4) is 0 Å². The number of esters is 1. The molecule has 1 atom stereocenters. The second kappa shape index (κ2) is 11.5. The molecule has 2 rings (SSSR count). The van der Waals surface area contributed by atoms with Crippen LogP contribution in [0.2, 0.25) is 0 Å². The third kappa shape index (κ3) is 8.45. The van der Waals surface area contributed by atoms with Gasteiger partial charge in [-0.2, -0.15) is 0 Å². The molecule has 28 heavy (non-hydrogen) atoms. The number of rotatable bonds is 5. The van der Waals surface area contributed by atoms with E-state index < -0.39 is 24.0 Å². The second-order valence-electron chi connectivity index (χ2n) is 6.04. The molecule has 0 aromatic heterocycles. The molecule has 1 aliphatic heterocycles. The fourth-order valence-corrected chi connectivity index (χ4v) is 2.39. The largest absolute Gasteiger partial charge is 0.478 e. The average molecular weight is 392 g/mol. The van der Waals surface area contributed by atoms with Gasteiger partial charge in [0.2, 0.25) is 6.10 Å². The van der Waals surface area contributed by atoms with Crippen molar-refractivity contribution in [3.05, 3.63) is 48.0 Å². The summed E-state index contributed by atoms with van der Waals surface area (Å²) in [7, 11) is 2.03. The van der Waals surface area contributed by atoms with Crippen LogP contribution in [0.3, 0.4) is 0 Å². The van der Waals surface area contributed by atoms with Gasteiger partial charge < -0.3 is 24.7 Å². The predicted molar refractivity (Wildman–Crippen MR) is 99.4 cm³/mol. The molecule has 152 valence electrons. The first-order valence-electron chi connectivity index (χ1n) is 8.54. The Morgan fingerprint density at radius 2 is 1.46 bits per heavy atom. The molecule has 1 unspecified atom stereocenters. The molecular weight excluding hydrogens is 368 g/mol. The third-order valence-corrected chi connectivity index (χ3v) is 3.79. The van der Waals surface area contributed by atoms with Gasteiger partial charge >= 0.3 is 17.9 Å². The van der Waals surface area contributed by atoms with Crippen molar-refractivity contribution in [2.75, 3.05) is 33.2 Å². The topological polar surface area (TPSA) is 124 Å². The number of piperazine rings is 1. The number of benzene rings is 1. The molecule has 9 nitrogen and oxygen atoms in total. The monoisotopic (exact) mass is 392 g/mol. The highest BCUT2D eigenvalue weighted by molar-refractivity contribution is 5.89. The number of hydrogen-bond donors (Lipinski definition) is 2. The molecule has 0 radical (unpaired) electrons. The highest BCUT2D eigenvalue weighted by Gasteiger charge is 2.30. The summed E-state index contributed by atoms with van der Waals surface area (Å²) in [6.07, 6.45) is 0.280. The van der Waals surface area contributed by atoms with Gasteiger partial charge in [0.05, 0.1) is 0 Å². The van der Waals surface area contributed by atoms with Gasteiger partial charge in [-0.15, -0.1) is 0 Å². The zero-order chi connectivity index (χ0) is 21.1. The minimum Gasteiger partial charge on any atom is -0.478 e. The van der Waals surface area contributed by atoms with Crippen LogP contribution in [0.4, 0.5) is 0 Å². The number of carboxylic acids is 2. The van der Waals surface area contributed by atoms with Crippen LogP contribution in [-0.2, 0) is 23.9 Å². The molecule has 1 fully saturated rings. The summed E-state index contributed by atoms with van der Waals surface area (Å²) >= 11 is 0. The lowest BCUT2D eigenvalue weighted by atomic mass is 10.1. The van der Waals surface area contributed by atoms with Gasteiger partial charge in [-0.3, -0.25) is 9.59 Å². The third-order valence-electron chi connectivity index (χ3n) is 3.79. The minimum absolute atomic E-state index is 0.139. The summed E-state index contributed by atoms with van der Waals surface area (Å²) in [5.74, 6) is -3.10. The number of hydrogen-bond acceptors (Lipinski definition) is 6. The molecular formula is C19H24N2O7. The first-order valence-corrected chi connectivity index (χ1v) is 8.54. The van der Waals surface area contributed by atoms with Crippen molar-refractivity contribution in [2.24, 2.45) is 0 Å². The van der Waals surface area contributed by atoms with Crippen molar-refractivity contribution in [1.82, 2.24) is 9.80 Å². The van der Waals surface area contributed by atoms with Gasteiger partial charge in [0, 0.05) is 50.8 Å². The highest BCUT2D eigenvalue weighted by Crippen LogP contribution is 2.21. The molecule has 0 spiro atoms. The number of likely N-dealkylation sites (N-methyl/N-ethyl adjacent to an activating group) is 1. The van der Waals surface area contributed by atoms with Gasteiger partial charge in [-0.25, -0.2) is 9.59 Å². The van der Waals surface area contributed by atoms with Crippen molar-refractivity contribution >= 4 is 23.8 Å². The Hall–Kier alpha value is -3.20. The Morgan fingerprint density at radius 3 is 1.89 bits per heavy atom. The van der Waals surface area contributed by atoms with E-state index in [1.165, 1.54) is 6.92 Å². The second-order valence-corrected chi connectivity index (χ2v) is 6.04. The summed E-state index contributed by atoms with van der Waals surface area (Å²) < 4.78 is 5.23. The van der Waals surface area contributed by atoms with Crippen molar-refractivity contribution in [1.29, 1.82) is 0 Å². The van der Waals surface area contributed by atoms with E-state index >= 15 is 0 Å². The molecule has 0 bridgehead atoms. The predicted octanol–water partition coefficient (Wildman–Crippen LogP) is 0.777. The smallest absolute Gasteiger partial charge is 0.328 e. The van der Waals surface area contributed by atoms with Crippen LogP contribution in [0.1, 0.15) is 18.6 Å². The first kappa shape index (κ1) is 22.8. The van der Waals surface area contributed by atoms with Crippen LogP contribution in [0.25, 0.3) is 0 Å². The SMILES string of the molecule is CC(=O)OC(C(=O)N1CCN(C)CC1)c1ccccc1.O=C(O)/C=C/C(=O)O. The van der Waals surface area contributed by atoms with Crippen LogP contribution in [-0.4, -0.2) is 77.1 Å². The molecule has 9 heteroatoms. The van der Waals surface area contributed by atoms with Crippen LogP contribution in [0, 0.1) is 0 Å². The first-order chi connectivity index (χ1) is 13.2. The number of nitrogens with zero attached hydrogens (tertiary/aromatic N) is 2. The summed E-state index contributed by atoms with van der Waals surface area (Å²) in [6, 6.07) is 9.16. The molecule has 1 amide bonds. The van der Waals surface area contributed by atoms with Gasteiger partial charge in [0.15, 0.2) is 0 Å². The summed E-state index contributed by atoms with van der Waals surface area (Å²) in [4.78, 5) is 46.9. The fourth-order valence-electron chi connectivity index (χ4n) is 2.39. The van der Waals surface area contributed by atoms with E-state index in [4.69, 9.17) is 14.9 Å². The van der Waals surface area contributed by atoms with E-state index in [1.54, 1.807) is 4.90 Å². The van der Waals surface area contributed by atoms with Gasteiger partial charge in [-0.05, 0) is 7.05 Å². The van der Waals surface area contributed by atoms with Gasteiger partial charge in [0.1, 0.15) is 0 Å². The normalized spacial score (nSPS) is 15.3. The van der Waals surface area contributed by atoms with E-state index in [2.05, 4.69) is 4.90 Å². The Labute approximate surface area is 162 Å². The van der Waals surface area contributed by atoms with E-state index in [0.29, 0.717) is 30.8 Å². The van der Waals surface area contributed by atoms with Gasteiger partial charge in [0.25, 0.3) is 5.91 Å². The molecule has 1 aliphatic rings. The zero-order valence-electron chi connectivity index (χ0n) is 15.8. The van der Waals surface area contributed by atoms with Crippen LogP contribution < -0.4 is 0 Å². The van der Waals surface area contributed by atoms with Crippen LogP contribution >= 0.6 is 0 Å². The van der Waals surface area contributed by atoms with E-state index in [-0.39, 0.29) is 5.91 Å². The number of ether oxygens (including phenoxy) is 1. The lowest BCUT2D eigenvalue weighted by Gasteiger charge is -2.34. The Kier molecular flexibility index (Phi) is 9.38. The highest BCUT2D eigenvalue weighted by atomic mass is 16.5. The van der Waals surface area contributed by atoms with Crippen LogP contribution in [0.5, 0.6) is 0 Å². The number of amides is 1. The standard InChI is InChI=1S/C15H20N2O3.C4H4O4/c1-12(18)20-14(13-6-4-3-5-7-13)15(19)17-10-8-16(2)9-11-17;5-3(6)1-2-4(7)8/h3-7,14H,8-11H2,1-2H3;1-2H,(H,5,6)(H,7,8)/b;2-1+. The number of carbonyl (C=O) groups is 4. The lowest BCUT2D eigenvalue weighted by molar-refractivity contribution is -0.160. The maximum absolute atomic E-state index is 12.6. The molecule has 1 saturated heterocycles.